The highest BCUT2D eigenvalue weighted by Crippen LogP contribution is 2.32. The predicted octanol–water partition coefficient (Wildman–Crippen LogP) is 4.43. The first-order valence-electron chi connectivity index (χ1n) is 9.66. The second kappa shape index (κ2) is 6.82. The minimum absolute atomic E-state index is 0.161. The monoisotopic (exact) mass is 354 g/mol. The molecular formula is C22H34N4. The summed E-state index contributed by atoms with van der Waals surface area (Å²) in [7, 11) is 2.25. The van der Waals surface area contributed by atoms with Crippen LogP contribution in [-0.4, -0.2) is 39.3 Å². The van der Waals surface area contributed by atoms with Crippen molar-refractivity contribution in [2.24, 2.45) is 0 Å². The molecule has 2 aromatic rings. The molecule has 142 valence electrons. The van der Waals surface area contributed by atoms with E-state index in [2.05, 4.69) is 87.2 Å². The second-order valence-corrected chi connectivity index (χ2v) is 9.44. The van der Waals surface area contributed by atoms with Gasteiger partial charge in [0.15, 0.2) is 0 Å². The summed E-state index contributed by atoms with van der Waals surface area (Å²) < 4.78 is 0. The van der Waals surface area contributed by atoms with Gasteiger partial charge in [0.1, 0.15) is 0 Å². The Kier molecular flexibility index (Phi) is 5.02. The summed E-state index contributed by atoms with van der Waals surface area (Å²) in [5, 5.41) is 11.3. The number of hydrogen-bond acceptors (Lipinski definition) is 3. The van der Waals surface area contributed by atoms with Crippen molar-refractivity contribution < 1.29 is 0 Å². The Bertz CT molecular complexity index is 756. The highest BCUT2D eigenvalue weighted by molar-refractivity contribution is 5.64. The molecule has 1 aromatic carbocycles. The van der Waals surface area contributed by atoms with E-state index in [4.69, 9.17) is 0 Å². The first-order valence-corrected chi connectivity index (χ1v) is 9.66. The van der Waals surface area contributed by atoms with Gasteiger partial charge in [-0.05, 0) is 78.6 Å². The van der Waals surface area contributed by atoms with Gasteiger partial charge in [-0.3, -0.25) is 10.00 Å². The number of aromatic amines is 1. The number of aryl methyl sites for hydroxylation is 2. The van der Waals surface area contributed by atoms with Crippen molar-refractivity contribution in [2.45, 2.75) is 78.0 Å². The molecule has 0 saturated carbocycles. The van der Waals surface area contributed by atoms with Gasteiger partial charge in [0.2, 0.25) is 0 Å². The van der Waals surface area contributed by atoms with E-state index in [1.54, 1.807) is 0 Å². The first kappa shape index (κ1) is 19.1. The van der Waals surface area contributed by atoms with Crippen molar-refractivity contribution in [1.29, 1.82) is 0 Å². The van der Waals surface area contributed by atoms with Crippen LogP contribution in [0.1, 0.15) is 57.2 Å². The Hall–Kier alpha value is -1.65. The van der Waals surface area contributed by atoms with Crippen LogP contribution in [0.25, 0.3) is 11.3 Å². The quantitative estimate of drug-likeness (QED) is 0.853. The molecule has 0 atom stereocenters. The fourth-order valence-electron chi connectivity index (χ4n) is 4.56. The number of nitrogens with one attached hydrogen (secondary N) is 2. The van der Waals surface area contributed by atoms with Crippen LogP contribution in [0.5, 0.6) is 0 Å². The molecule has 0 amide bonds. The van der Waals surface area contributed by atoms with Crippen LogP contribution in [-0.2, 0) is 6.54 Å². The first-order chi connectivity index (χ1) is 12.1. The van der Waals surface area contributed by atoms with Gasteiger partial charge in [-0.2, -0.15) is 5.10 Å². The lowest BCUT2D eigenvalue weighted by atomic mass is 9.79. The molecule has 2 heterocycles. The van der Waals surface area contributed by atoms with Crippen molar-refractivity contribution in [2.75, 3.05) is 7.05 Å². The van der Waals surface area contributed by atoms with Crippen molar-refractivity contribution in [3.8, 4) is 11.3 Å². The van der Waals surface area contributed by atoms with Gasteiger partial charge in [-0.15, -0.1) is 0 Å². The molecule has 0 spiro atoms. The number of aromatic nitrogens is 2. The highest BCUT2D eigenvalue weighted by atomic mass is 15.2. The van der Waals surface area contributed by atoms with Crippen molar-refractivity contribution in [3.05, 3.63) is 41.1 Å². The van der Waals surface area contributed by atoms with Gasteiger partial charge in [0.25, 0.3) is 0 Å². The summed E-state index contributed by atoms with van der Waals surface area (Å²) in [6.07, 6.45) is 4.30. The Labute approximate surface area is 158 Å². The minimum Gasteiger partial charge on any atom is -0.307 e. The molecule has 26 heavy (non-hydrogen) atoms. The standard InChI is InChI=1S/C22H34N4/c1-15-8-9-17(10-16(15)2)20-18(13-23-24-20)14-26(7)19-11-21(3,4)25-22(5,6)12-19/h8-10,13,19,25H,11-12,14H2,1-7H3,(H,23,24). The van der Waals surface area contributed by atoms with Crippen molar-refractivity contribution >= 4 is 0 Å². The highest BCUT2D eigenvalue weighted by Gasteiger charge is 2.39. The Morgan fingerprint density at radius 2 is 1.73 bits per heavy atom. The molecule has 1 aliphatic rings. The van der Waals surface area contributed by atoms with E-state index in [-0.39, 0.29) is 11.1 Å². The fraction of sp³-hybridized carbons (Fsp3) is 0.591. The van der Waals surface area contributed by atoms with Crippen molar-refractivity contribution in [3.63, 3.8) is 0 Å². The summed E-state index contributed by atoms with van der Waals surface area (Å²) in [4.78, 5) is 2.50. The molecule has 0 aliphatic carbocycles. The number of rotatable bonds is 4. The molecule has 2 N–H and O–H groups in total. The van der Waals surface area contributed by atoms with E-state index in [0.717, 1.165) is 25.1 Å². The van der Waals surface area contributed by atoms with E-state index in [9.17, 15) is 0 Å². The molecule has 1 aliphatic heterocycles. The summed E-state index contributed by atoms with van der Waals surface area (Å²) in [6.45, 7) is 14.5. The third kappa shape index (κ3) is 4.18. The molecule has 0 bridgehead atoms. The largest absolute Gasteiger partial charge is 0.307 e. The molecule has 0 unspecified atom stereocenters. The predicted molar refractivity (Wildman–Crippen MR) is 109 cm³/mol. The summed E-state index contributed by atoms with van der Waals surface area (Å²) in [6, 6.07) is 7.19. The smallest absolute Gasteiger partial charge is 0.0695 e. The third-order valence-corrected chi connectivity index (χ3v) is 5.73. The number of benzene rings is 1. The molecular weight excluding hydrogens is 320 g/mol. The molecule has 4 heteroatoms. The van der Waals surface area contributed by atoms with Crippen molar-refractivity contribution in [1.82, 2.24) is 20.4 Å². The van der Waals surface area contributed by atoms with Gasteiger partial charge >= 0.3 is 0 Å². The van der Waals surface area contributed by atoms with Gasteiger partial charge in [-0.1, -0.05) is 12.1 Å². The fourth-order valence-corrected chi connectivity index (χ4v) is 4.56. The van der Waals surface area contributed by atoms with Crippen LogP contribution >= 0.6 is 0 Å². The van der Waals surface area contributed by atoms with Gasteiger partial charge in [0, 0.05) is 34.8 Å². The van der Waals surface area contributed by atoms with Crippen LogP contribution in [0.15, 0.2) is 24.4 Å². The second-order valence-electron chi connectivity index (χ2n) is 9.44. The van der Waals surface area contributed by atoms with Gasteiger partial charge in [-0.25, -0.2) is 0 Å². The molecule has 1 saturated heterocycles. The summed E-state index contributed by atoms with van der Waals surface area (Å²) in [5.74, 6) is 0. The molecule has 1 aromatic heterocycles. The maximum Gasteiger partial charge on any atom is 0.0695 e. The molecule has 1 fully saturated rings. The van der Waals surface area contributed by atoms with Crippen LogP contribution in [0.3, 0.4) is 0 Å². The van der Waals surface area contributed by atoms with E-state index in [1.165, 1.54) is 22.3 Å². The van der Waals surface area contributed by atoms with E-state index < -0.39 is 0 Å². The summed E-state index contributed by atoms with van der Waals surface area (Å²) >= 11 is 0. The zero-order chi connectivity index (χ0) is 19.1. The number of piperidine rings is 1. The number of nitrogens with zero attached hydrogens (tertiary/aromatic N) is 2. The van der Waals surface area contributed by atoms with Crippen LogP contribution in [0.4, 0.5) is 0 Å². The van der Waals surface area contributed by atoms with E-state index >= 15 is 0 Å². The van der Waals surface area contributed by atoms with E-state index in [0.29, 0.717) is 6.04 Å². The lowest BCUT2D eigenvalue weighted by molar-refractivity contribution is 0.0777. The number of hydrogen-bond donors (Lipinski definition) is 2. The van der Waals surface area contributed by atoms with Crippen LogP contribution < -0.4 is 5.32 Å². The minimum atomic E-state index is 0.161. The lowest BCUT2D eigenvalue weighted by Crippen LogP contribution is -2.61. The van der Waals surface area contributed by atoms with Crippen LogP contribution in [0, 0.1) is 13.8 Å². The Morgan fingerprint density at radius 3 is 2.35 bits per heavy atom. The maximum absolute atomic E-state index is 4.34. The molecule has 0 radical (unpaired) electrons. The zero-order valence-corrected chi connectivity index (χ0v) is 17.4. The average Bonchev–Trinajstić information content (AvgIpc) is 2.95. The van der Waals surface area contributed by atoms with Gasteiger partial charge < -0.3 is 5.32 Å². The SMILES string of the molecule is Cc1ccc(-c2[nH]ncc2CN(C)C2CC(C)(C)NC(C)(C)C2)cc1C. The Balaban J connectivity index is 1.79. The molecule has 4 nitrogen and oxygen atoms in total. The third-order valence-electron chi connectivity index (χ3n) is 5.73. The number of H-pyrrole nitrogens is 1. The van der Waals surface area contributed by atoms with Crippen LogP contribution in [0.2, 0.25) is 0 Å². The maximum atomic E-state index is 4.34. The lowest BCUT2D eigenvalue weighted by Gasteiger charge is -2.49. The van der Waals surface area contributed by atoms with E-state index in [1.807, 2.05) is 6.20 Å². The Morgan fingerprint density at radius 1 is 1.08 bits per heavy atom. The van der Waals surface area contributed by atoms with Gasteiger partial charge in [0.05, 0.1) is 11.9 Å². The topological polar surface area (TPSA) is 44.0 Å². The molecule has 3 rings (SSSR count). The normalized spacial score (nSPS) is 19.8. The average molecular weight is 355 g/mol. The summed E-state index contributed by atoms with van der Waals surface area (Å²) in [5.41, 5.74) is 6.60. The zero-order valence-electron chi connectivity index (χ0n) is 17.4.